The summed E-state index contributed by atoms with van der Waals surface area (Å²) in [6.07, 6.45) is 3.74. The molecule has 1 amide bonds. The Bertz CT molecular complexity index is 464. The summed E-state index contributed by atoms with van der Waals surface area (Å²) >= 11 is 0. The Morgan fingerprint density at radius 2 is 2.32 bits per heavy atom. The van der Waals surface area contributed by atoms with Gasteiger partial charge in [0.25, 0.3) is 5.91 Å². The molecular formula is C16H25N3O3. The molecule has 2 heterocycles. The van der Waals surface area contributed by atoms with Crippen molar-refractivity contribution in [1.82, 2.24) is 15.2 Å². The summed E-state index contributed by atoms with van der Waals surface area (Å²) < 4.78 is 10.1. The van der Waals surface area contributed by atoms with Crippen molar-refractivity contribution in [2.24, 2.45) is 5.92 Å². The highest BCUT2D eigenvalue weighted by Crippen LogP contribution is 2.15. The van der Waals surface area contributed by atoms with Crippen LogP contribution in [-0.4, -0.2) is 62.8 Å². The Morgan fingerprint density at radius 3 is 3.00 bits per heavy atom. The second kappa shape index (κ2) is 8.70. The maximum Gasteiger partial charge on any atom is 0.252 e. The summed E-state index contributed by atoms with van der Waals surface area (Å²) in [7, 11) is 3.29. The lowest BCUT2D eigenvalue weighted by molar-refractivity contribution is 0.0947. The molecule has 1 aromatic rings. The van der Waals surface area contributed by atoms with Gasteiger partial charge in [-0.15, -0.1) is 0 Å². The maximum absolute atomic E-state index is 12.1. The van der Waals surface area contributed by atoms with Crippen LogP contribution in [0.15, 0.2) is 18.3 Å². The first-order valence-electron chi connectivity index (χ1n) is 7.72. The monoisotopic (exact) mass is 307 g/mol. The topological polar surface area (TPSA) is 63.7 Å². The highest BCUT2D eigenvalue weighted by Gasteiger charge is 2.22. The minimum absolute atomic E-state index is 0.0759. The fourth-order valence-electron chi connectivity index (χ4n) is 2.69. The first kappa shape index (κ1) is 16.7. The molecule has 0 radical (unpaired) electrons. The molecule has 22 heavy (non-hydrogen) atoms. The van der Waals surface area contributed by atoms with Crippen molar-refractivity contribution in [1.29, 1.82) is 0 Å². The van der Waals surface area contributed by atoms with Crippen molar-refractivity contribution in [3.05, 3.63) is 23.9 Å². The summed E-state index contributed by atoms with van der Waals surface area (Å²) in [4.78, 5) is 18.6. The molecule has 0 spiro atoms. The van der Waals surface area contributed by atoms with Crippen molar-refractivity contribution < 1.29 is 14.3 Å². The first-order chi connectivity index (χ1) is 10.7. The molecule has 0 bridgehead atoms. The van der Waals surface area contributed by atoms with E-state index in [1.165, 1.54) is 0 Å². The quantitative estimate of drug-likeness (QED) is 0.731. The number of aromatic nitrogens is 1. The molecule has 0 saturated carbocycles. The lowest BCUT2D eigenvalue weighted by Crippen LogP contribution is -2.31. The van der Waals surface area contributed by atoms with Gasteiger partial charge < -0.3 is 19.7 Å². The summed E-state index contributed by atoms with van der Waals surface area (Å²) in [6.45, 7) is 4.74. The van der Waals surface area contributed by atoms with Crippen LogP contribution in [0.2, 0.25) is 0 Å². The van der Waals surface area contributed by atoms with Crippen molar-refractivity contribution in [2.45, 2.75) is 12.8 Å². The van der Waals surface area contributed by atoms with Crippen molar-refractivity contribution in [3.63, 3.8) is 0 Å². The molecule has 0 aliphatic carbocycles. The van der Waals surface area contributed by atoms with Crippen LogP contribution in [0.25, 0.3) is 0 Å². The van der Waals surface area contributed by atoms with Crippen LogP contribution in [0.1, 0.15) is 23.2 Å². The largest absolute Gasteiger partial charge is 0.481 e. The summed E-state index contributed by atoms with van der Waals surface area (Å²) in [5.41, 5.74) is 0.566. The van der Waals surface area contributed by atoms with Gasteiger partial charge in [-0.05, 0) is 31.4 Å². The number of nitrogens with one attached hydrogen (secondary N) is 1. The lowest BCUT2D eigenvalue weighted by Gasteiger charge is -2.16. The number of pyridine rings is 1. The molecule has 1 atom stereocenters. The van der Waals surface area contributed by atoms with Gasteiger partial charge in [-0.2, -0.15) is 0 Å². The zero-order valence-electron chi connectivity index (χ0n) is 13.4. The first-order valence-corrected chi connectivity index (χ1v) is 7.72. The van der Waals surface area contributed by atoms with Crippen LogP contribution in [0.4, 0.5) is 0 Å². The van der Waals surface area contributed by atoms with E-state index in [1.807, 2.05) is 0 Å². The van der Waals surface area contributed by atoms with Gasteiger partial charge >= 0.3 is 0 Å². The van der Waals surface area contributed by atoms with Crippen molar-refractivity contribution in [3.8, 4) is 5.88 Å². The molecule has 1 fully saturated rings. The molecule has 1 unspecified atom stereocenters. The average Bonchev–Trinajstić information content (AvgIpc) is 3.01. The number of rotatable bonds is 8. The smallest absolute Gasteiger partial charge is 0.252 e. The molecule has 1 aromatic heterocycles. The van der Waals surface area contributed by atoms with Crippen LogP contribution < -0.4 is 10.1 Å². The van der Waals surface area contributed by atoms with Gasteiger partial charge in [0.2, 0.25) is 5.88 Å². The molecular weight excluding hydrogens is 282 g/mol. The van der Waals surface area contributed by atoms with E-state index in [1.54, 1.807) is 32.5 Å². The third kappa shape index (κ3) is 4.96. The summed E-state index contributed by atoms with van der Waals surface area (Å²) in [5, 5.41) is 3.00. The number of hydrogen-bond acceptors (Lipinski definition) is 5. The Morgan fingerprint density at radius 1 is 1.45 bits per heavy atom. The molecule has 1 saturated heterocycles. The zero-order chi connectivity index (χ0) is 15.8. The van der Waals surface area contributed by atoms with E-state index < -0.39 is 0 Å². The van der Waals surface area contributed by atoms with Crippen LogP contribution in [-0.2, 0) is 4.74 Å². The second-order valence-corrected chi connectivity index (χ2v) is 5.60. The fraction of sp³-hybridized carbons (Fsp3) is 0.625. The van der Waals surface area contributed by atoms with Gasteiger partial charge in [0.15, 0.2) is 0 Å². The van der Waals surface area contributed by atoms with E-state index in [9.17, 15) is 4.79 Å². The summed E-state index contributed by atoms with van der Waals surface area (Å²) in [6, 6.07) is 3.43. The standard InChI is InChI=1S/C16H25N3O3/c1-21-9-3-7-19-8-6-13(12-19)10-18-16(20)14-4-5-15(22-2)17-11-14/h4-5,11,13H,3,6-10,12H2,1-2H3,(H,18,20). The Balaban J connectivity index is 1.70. The van der Waals surface area contributed by atoms with E-state index in [-0.39, 0.29) is 5.91 Å². The average molecular weight is 307 g/mol. The van der Waals surface area contributed by atoms with Crippen LogP contribution in [0.3, 0.4) is 0 Å². The molecule has 0 aromatic carbocycles. The number of amides is 1. The van der Waals surface area contributed by atoms with Crippen molar-refractivity contribution >= 4 is 5.91 Å². The van der Waals surface area contributed by atoms with Gasteiger partial charge in [-0.3, -0.25) is 4.79 Å². The van der Waals surface area contributed by atoms with Gasteiger partial charge in [0.05, 0.1) is 12.7 Å². The number of carbonyl (C=O) groups excluding carboxylic acids is 1. The van der Waals surface area contributed by atoms with Crippen molar-refractivity contribution in [2.75, 3.05) is 47.0 Å². The number of hydrogen-bond donors (Lipinski definition) is 1. The molecule has 6 heteroatoms. The Hall–Kier alpha value is -1.66. The molecule has 1 aliphatic rings. The van der Waals surface area contributed by atoms with Crippen LogP contribution >= 0.6 is 0 Å². The molecule has 2 rings (SSSR count). The molecule has 1 aliphatic heterocycles. The number of methoxy groups -OCH3 is 2. The van der Waals surface area contributed by atoms with E-state index >= 15 is 0 Å². The Kier molecular flexibility index (Phi) is 6.61. The van der Waals surface area contributed by atoms with Gasteiger partial charge in [-0.25, -0.2) is 4.98 Å². The predicted octanol–water partition coefficient (Wildman–Crippen LogP) is 1.18. The number of nitrogens with zero attached hydrogens (tertiary/aromatic N) is 2. The minimum Gasteiger partial charge on any atom is -0.481 e. The predicted molar refractivity (Wildman–Crippen MR) is 84.2 cm³/mol. The van der Waals surface area contributed by atoms with Gasteiger partial charge in [0.1, 0.15) is 0 Å². The van der Waals surface area contributed by atoms with Gasteiger partial charge in [-0.1, -0.05) is 0 Å². The van der Waals surface area contributed by atoms with E-state index in [0.29, 0.717) is 23.9 Å². The maximum atomic E-state index is 12.1. The van der Waals surface area contributed by atoms with E-state index in [2.05, 4.69) is 15.2 Å². The van der Waals surface area contributed by atoms with E-state index in [4.69, 9.17) is 9.47 Å². The highest BCUT2D eigenvalue weighted by molar-refractivity contribution is 5.93. The number of carbonyl (C=O) groups is 1. The second-order valence-electron chi connectivity index (χ2n) is 5.60. The third-order valence-corrected chi connectivity index (χ3v) is 3.95. The third-order valence-electron chi connectivity index (χ3n) is 3.95. The van der Waals surface area contributed by atoms with Gasteiger partial charge in [0, 0.05) is 45.6 Å². The number of ether oxygens (including phenoxy) is 2. The highest BCUT2D eigenvalue weighted by atomic mass is 16.5. The SMILES string of the molecule is COCCCN1CCC(CNC(=O)c2ccc(OC)nc2)C1. The molecule has 122 valence electrons. The normalized spacial score (nSPS) is 18.4. The van der Waals surface area contributed by atoms with Crippen LogP contribution in [0, 0.1) is 5.92 Å². The molecule has 6 nitrogen and oxygen atoms in total. The molecule has 1 N–H and O–H groups in total. The zero-order valence-corrected chi connectivity index (χ0v) is 13.4. The number of likely N-dealkylation sites (tertiary alicyclic amines) is 1. The Labute approximate surface area is 131 Å². The minimum atomic E-state index is -0.0759. The fourth-order valence-corrected chi connectivity index (χ4v) is 2.69. The van der Waals surface area contributed by atoms with E-state index in [0.717, 1.165) is 39.1 Å². The van der Waals surface area contributed by atoms with Crippen LogP contribution in [0.5, 0.6) is 5.88 Å². The summed E-state index contributed by atoms with van der Waals surface area (Å²) in [5.74, 6) is 0.963. The lowest BCUT2D eigenvalue weighted by atomic mass is 10.1.